The van der Waals surface area contributed by atoms with Crippen LogP contribution in [0.15, 0.2) is 0 Å². The van der Waals surface area contributed by atoms with E-state index in [0.717, 1.165) is 38.5 Å². The molecule has 3 heteroatoms. The SMILES string of the molecule is CC(C)OC(O)CCCCCCCO. The highest BCUT2D eigenvalue weighted by Gasteiger charge is 2.05. The average molecular weight is 204 g/mol. The molecule has 0 fully saturated rings. The molecule has 2 N–H and O–H groups in total. The fraction of sp³-hybridized carbons (Fsp3) is 1.00. The van der Waals surface area contributed by atoms with E-state index in [-0.39, 0.29) is 6.10 Å². The molecule has 0 bridgehead atoms. The van der Waals surface area contributed by atoms with Crippen LogP contribution in [-0.4, -0.2) is 29.2 Å². The Morgan fingerprint density at radius 2 is 1.57 bits per heavy atom. The second kappa shape index (κ2) is 9.44. The van der Waals surface area contributed by atoms with E-state index in [0.29, 0.717) is 6.61 Å². The lowest BCUT2D eigenvalue weighted by Crippen LogP contribution is -2.16. The Kier molecular flexibility index (Phi) is 9.35. The minimum absolute atomic E-state index is 0.0967. The van der Waals surface area contributed by atoms with E-state index in [1.54, 1.807) is 0 Å². The number of aliphatic hydroxyl groups excluding tert-OH is 2. The van der Waals surface area contributed by atoms with Crippen molar-refractivity contribution in [2.24, 2.45) is 0 Å². The molecule has 1 atom stereocenters. The highest BCUT2D eigenvalue weighted by Crippen LogP contribution is 2.09. The van der Waals surface area contributed by atoms with Crippen LogP contribution in [0, 0.1) is 0 Å². The Bertz CT molecular complexity index is 115. The normalized spacial score (nSPS) is 13.5. The van der Waals surface area contributed by atoms with Gasteiger partial charge in [0.25, 0.3) is 0 Å². The van der Waals surface area contributed by atoms with E-state index in [4.69, 9.17) is 9.84 Å². The number of aliphatic hydroxyl groups is 2. The lowest BCUT2D eigenvalue weighted by Gasteiger charge is -2.14. The van der Waals surface area contributed by atoms with Crippen molar-refractivity contribution in [2.45, 2.75) is 64.8 Å². The summed E-state index contributed by atoms with van der Waals surface area (Å²) in [6, 6.07) is 0. The molecular weight excluding hydrogens is 180 g/mol. The topological polar surface area (TPSA) is 49.7 Å². The molecule has 1 unspecified atom stereocenters. The van der Waals surface area contributed by atoms with E-state index in [9.17, 15) is 5.11 Å². The number of hydrogen-bond acceptors (Lipinski definition) is 3. The Morgan fingerprint density at radius 1 is 1.00 bits per heavy atom. The molecule has 0 aliphatic rings. The van der Waals surface area contributed by atoms with Gasteiger partial charge in [0.05, 0.1) is 6.10 Å². The van der Waals surface area contributed by atoms with E-state index >= 15 is 0 Å². The number of hydrogen-bond donors (Lipinski definition) is 2. The summed E-state index contributed by atoms with van der Waals surface area (Å²) in [7, 11) is 0. The van der Waals surface area contributed by atoms with Gasteiger partial charge in [-0.25, -0.2) is 0 Å². The van der Waals surface area contributed by atoms with Gasteiger partial charge in [0.2, 0.25) is 0 Å². The van der Waals surface area contributed by atoms with Crippen molar-refractivity contribution in [1.82, 2.24) is 0 Å². The molecule has 3 nitrogen and oxygen atoms in total. The van der Waals surface area contributed by atoms with E-state index < -0.39 is 6.29 Å². The maximum atomic E-state index is 9.36. The fourth-order valence-corrected chi connectivity index (χ4v) is 1.34. The molecule has 0 amide bonds. The molecule has 0 aromatic heterocycles. The largest absolute Gasteiger partial charge is 0.396 e. The highest BCUT2D eigenvalue weighted by atomic mass is 16.6. The Morgan fingerprint density at radius 3 is 2.14 bits per heavy atom. The fourth-order valence-electron chi connectivity index (χ4n) is 1.34. The first-order valence-corrected chi connectivity index (χ1v) is 5.61. The smallest absolute Gasteiger partial charge is 0.154 e. The number of rotatable bonds is 9. The summed E-state index contributed by atoms with van der Waals surface area (Å²) < 4.78 is 5.19. The van der Waals surface area contributed by atoms with Crippen LogP contribution in [-0.2, 0) is 4.74 Å². The van der Waals surface area contributed by atoms with Crippen LogP contribution in [0.25, 0.3) is 0 Å². The van der Waals surface area contributed by atoms with Crippen LogP contribution in [0.5, 0.6) is 0 Å². The van der Waals surface area contributed by atoms with Crippen molar-refractivity contribution in [1.29, 1.82) is 0 Å². The summed E-state index contributed by atoms with van der Waals surface area (Å²) in [5.41, 5.74) is 0. The summed E-state index contributed by atoms with van der Waals surface area (Å²) in [5.74, 6) is 0. The van der Waals surface area contributed by atoms with Gasteiger partial charge in [-0.05, 0) is 33.1 Å². The van der Waals surface area contributed by atoms with Crippen LogP contribution >= 0.6 is 0 Å². The minimum atomic E-state index is -0.604. The second-order valence-corrected chi connectivity index (χ2v) is 3.92. The van der Waals surface area contributed by atoms with Crippen LogP contribution < -0.4 is 0 Å². The zero-order valence-electron chi connectivity index (χ0n) is 9.41. The Balaban J connectivity index is 3.10. The monoisotopic (exact) mass is 204 g/mol. The maximum Gasteiger partial charge on any atom is 0.154 e. The quantitative estimate of drug-likeness (QED) is 0.446. The summed E-state index contributed by atoms with van der Waals surface area (Å²) in [5, 5.41) is 17.9. The van der Waals surface area contributed by atoms with Crippen molar-refractivity contribution in [3.05, 3.63) is 0 Å². The van der Waals surface area contributed by atoms with Crippen molar-refractivity contribution < 1.29 is 14.9 Å². The minimum Gasteiger partial charge on any atom is -0.396 e. The van der Waals surface area contributed by atoms with Gasteiger partial charge in [-0.1, -0.05) is 19.3 Å². The van der Waals surface area contributed by atoms with Crippen LogP contribution in [0.3, 0.4) is 0 Å². The third-order valence-corrected chi connectivity index (χ3v) is 2.04. The molecule has 0 aliphatic heterocycles. The van der Waals surface area contributed by atoms with E-state index in [1.165, 1.54) is 0 Å². The average Bonchev–Trinajstić information content (AvgIpc) is 2.10. The van der Waals surface area contributed by atoms with E-state index in [2.05, 4.69) is 0 Å². The van der Waals surface area contributed by atoms with E-state index in [1.807, 2.05) is 13.8 Å². The molecular formula is C11H24O3. The molecule has 0 aliphatic carbocycles. The van der Waals surface area contributed by atoms with Crippen molar-refractivity contribution in [2.75, 3.05) is 6.61 Å². The number of ether oxygens (including phenoxy) is 1. The summed E-state index contributed by atoms with van der Waals surface area (Å²) >= 11 is 0. The van der Waals surface area contributed by atoms with Crippen molar-refractivity contribution >= 4 is 0 Å². The summed E-state index contributed by atoms with van der Waals surface area (Å²) in [6.07, 6.45) is 5.43. The van der Waals surface area contributed by atoms with Gasteiger partial charge in [-0.15, -0.1) is 0 Å². The Hall–Kier alpha value is -0.120. The zero-order valence-corrected chi connectivity index (χ0v) is 9.41. The first kappa shape index (κ1) is 13.9. The maximum absolute atomic E-state index is 9.36. The molecule has 0 radical (unpaired) electrons. The molecule has 0 rings (SSSR count). The zero-order chi connectivity index (χ0) is 10.8. The van der Waals surface area contributed by atoms with Gasteiger partial charge in [0.15, 0.2) is 6.29 Å². The molecule has 0 heterocycles. The molecule has 14 heavy (non-hydrogen) atoms. The highest BCUT2D eigenvalue weighted by molar-refractivity contribution is 4.48. The predicted octanol–water partition coefficient (Wildman–Crippen LogP) is 2.06. The molecule has 0 aromatic rings. The first-order valence-electron chi connectivity index (χ1n) is 5.61. The second-order valence-electron chi connectivity index (χ2n) is 3.92. The lowest BCUT2D eigenvalue weighted by molar-refractivity contribution is -0.129. The summed E-state index contributed by atoms with van der Waals surface area (Å²) in [6.45, 7) is 4.13. The van der Waals surface area contributed by atoms with Crippen LogP contribution in [0.4, 0.5) is 0 Å². The van der Waals surface area contributed by atoms with Crippen LogP contribution in [0.2, 0.25) is 0 Å². The van der Waals surface area contributed by atoms with Gasteiger partial charge < -0.3 is 14.9 Å². The van der Waals surface area contributed by atoms with Gasteiger partial charge in [0, 0.05) is 6.61 Å². The third kappa shape index (κ3) is 9.96. The molecule has 86 valence electrons. The predicted molar refractivity (Wildman–Crippen MR) is 57.0 cm³/mol. The summed E-state index contributed by atoms with van der Waals surface area (Å²) in [4.78, 5) is 0. The molecule has 0 spiro atoms. The van der Waals surface area contributed by atoms with Crippen molar-refractivity contribution in [3.63, 3.8) is 0 Å². The molecule has 0 aromatic carbocycles. The van der Waals surface area contributed by atoms with Gasteiger partial charge >= 0.3 is 0 Å². The first-order chi connectivity index (χ1) is 6.66. The van der Waals surface area contributed by atoms with Gasteiger partial charge in [-0.3, -0.25) is 0 Å². The number of unbranched alkanes of at least 4 members (excludes halogenated alkanes) is 4. The third-order valence-electron chi connectivity index (χ3n) is 2.04. The van der Waals surface area contributed by atoms with Crippen molar-refractivity contribution in [3.8, 4) is 0 Å². The van der Waals surface area contributed by atoms with Gasteiger partial charge in [0.1, 0.15) is 0 Å². The lowest BCUT2D eigenvalue weighted by atomic mass is 10.1. The van der Waals surface area contributed by atoms with Gasteiger partial charge in [-0.2, -0.15) is 0 Å². The Labute approximate surface area is 87.1 Å². The van der Waals surface area contributed by atoms with Crippen LogP contribution in [0.1, 0.15) is 52.4 Å². The molecule has 0 saturated heterocycles. The standard InChI is InChI=1S/C11H24O3/c1-10(2)14-11(13)8-6-4-3-5-7-9-12/h10-13H,3-9H2,1-2H3. The molecule has 0 saturated carbocycles.